The molecule has 2 heterocycles. The predicted octanol–water partition coefficient (Wildman–Crippen LogP) is 2.03. The van der Waals surface area contributed by atoms with Gasteiger partial charge in [0.2, 0.25) is 0 Å². The molecule has 1 aromatic heterocycles. The van der Waals surface area contributed by atoms with E-state index >= 15 is 0 Å². The van der Waals surface area contributed by atoms with Crippen LogP contribution in [0.4, 0.5) is 0 Å². The van der Waals surface area contributed by atoms with Crippen LogP contribution >= 0.6 is 12.2 Å². The van der Waals surface area contributed by atoms with Crippen LogP contribution in [0.2, 0.25) is 0 Å². The Kier molecular flexibility index (Phi) is 2.69. The molecule has 0 amide bonds. The highest BCUT2D eigenvalue weighted by atomic mass is 32.1. The first kappa shape index (κ1) is 9.86. The van der Waals surface area contributed by atoms with Gasteiger partial charge < -0.3 is 4.74 Å². The highest BCUT2D eigenvalue weighted by Gasteiger charge is 2.22. The standard InChI is InChI=1S/C9H15N3OS/c1-6(2)8-10-11-9(14)12(8)7-3-4-13-5-7/h6-7H,3-5H2,1-2H3,(H,11,14). The quantitative estimate of drug-likeness (QED) is 0.764. The second kappa shape index (κ2) is 3.82. The summed E-state index contributed by atoms with van der Waals surface area (Å²) in [4.78, 5) is 0. The van der Waals surface area contributed by atoms with Gasteiger partial charge in [-0.3, -0.25) is 9.67 Å². The van der Waals surface area contributed by atoms with Gasteiger partial charge in [-0.05, 0) is 18.6 Å². The average Bonchev–Trinajstić information content (AvgIpc) is 2.71. The summed E-state index contributed by atoms with van der Waals surface area (Å²) in [5, 5.41) is 7.11. The summed E-state index contributed by atoms with van der Waals surface area (Å²) >= 11 is 5.22. The van der Waals surface area contributed by atoms with E-state index in [1.165, 1.54) is 0 Å². The van der Waals surface area contributed by atoms with Crippen LogP contribution in [0.15, 0.2) is 0 Å². The maximum absolute atomic E-state index is 5.36. The van der Waals surface area contributed by atoms with Gasteiger partial charge in [-0.25, -0.2) is 0 Å². The molecule has 0 radical (unpaired) electrons. The van der Waals surface area contributed by atoms with Gasteiger partial charge in [0, 0.05) is 12.5 Å². The second-order valence-electron chi connectivity index (χ2n) is 3.93. The molecule has 1 fully saturated rings. The fourth-order valence-corrected chi connectivity index (χ4v) is 2.09. The van der Waals surface area contributed by atoms with Crippen LogP contribution in [0.25, 0.3) is 0 Å². The topological polar surface area (TPSA) is 42.8 Å². The van der Waals surface area contributed by atoms with Crippen molar-refractivity contribution in [2.75, 3.05) is 13.2 Å². The summed E-state index contributed by atoms with van der Waals surface area (Å²) in [6.45, 7) is 5.83. The van der Waals surface area contributed by atoms with Crippen molar-refractivity contribution in [3.8, 4) is 0 Å². The molecule has 0 bridgehead atoms. The molecule has 1 aliphatic rings. The van der Waals surface area contributed by atoms with Crippen molar-refractivity contribution in [1.29, 1.82) is 0 Å². The molecular weight excluding hydrogens is 198 g/mol. The molecule has 0 spiro atoms. The SMILES string of the molecule is CC(C)c1n[nH]c(=S)n1C1CCOC1. The van der Waals surface area contributed by atoms with Crippen molar-refractivity contribution in [2.45, 2.75) is 32.2 Å². The van der Waals surface area contributed by atoms with E-state index in [1.54, 1.807) is 0 Å². The molecule has 78 valence electrons. The Bertz CT molecular complexity index is 362. The van der Waals surface area contributed by atoms with E-state index in [0.717, 1.165) is 25.5 Å². The first-order valence-corrected chi connectivity index (χ1v) is 5.35. The Hall–Kier alpha value is -0.680. The lowest BCUT2D eigenvalue weighted by atomic mass is 10.2. The lowest BCUT2D eigenvalue weighted by Gasteiger charge is -2.14. The Morgan fingerprint density at radius 1 is 1.64 bits per heavy atom. The number of rotatable bonds is 2. The first-order valence-electron chi connectivity index (χ1n) is 4.94. The Labute approximate surface area is 88.3 Å². The van der Waals surface area contributed by atoms with Crippen molar-refractivity contribution in [3.05, 3.63) is 10.6 Å². The van der Waals surface area contributed by atoms with Gasteiger partial charge in [-0.1, -0.05) is 13.8 Å². The van der Waals surface area contributed by atoms with E-state index in [2.05, 4.69) is 28.6 Å². The predicted molar refractivity (Wildman–Crippen MR) is 56.0 cm³/mol. The summed E-state index contributed by atoms with van der Waals surface area (Å²) in [6, 6.07) is 0.374. The summed E-state index contributed by atoms with van der Waals surface area (Å²) in [5.74, 6) is 1.43. The number of aromatic amines is 1. The summed E-state index contributed by atoms with van der Waals surface area (Å²) in [6.07, 6.45) is 1.04. The minimum Gasteiger partial charge on any atom is -0.379 e. The molecule has 1 saturated heterocycles. The number of nitrogens with one attached hydrogen (secondary N) is 1. The highest BCUT2D eigenvalue weighted by molar-refractivity contribution is 7.71. The molecule has 0 aromatic carbocycles. The number of nitrogens with zero attached hydrogens (tertiary/aromatic N) is 2. The van der Waals surface area contributed by atoms with Crippen LogP contribution in [0.5, 0.6) is 0 Å². The lowest BCUT2D eigenvalue weighted by molar-refractivity contribution is 0.185. The zero-order valence-corrected chi connectivity index (χ0v) is 9.30. The van der Waals surface area contributed by atoms with Crippen LogP contribution in [-0.4, -0.2) is 28.0 Å². The van der Waals surface area contributed by atoms with Gasteiger partial charge >= 0.3 is 0 Å². The van der Waals surface area contributed by atoms with E-state index in [9.17, 15) is 0 Å². The molecule has 1 aromatic rings. The number of aromatic nitrogens is 3. The van der Waals surface area contributed by atoms with Gasteiger partial charge in [0.25, 0.3) is 0 Å². The normalized spacial score (nSPS) is 22.1. The molecule has 1 atom stereocenters. The van der Waals surface area contributed by atoms with Crippen LogP contribution in [0, 0.1) is 4.77 Å². The van der Waals surface area contributed by atoms with E-state index in [4.69, 9.17) is 17.0 Å². The molecule has 1 N–H and O–H groups in total. The van der Waals surface area contributed by atoms with Crippen LogP contribution < -0.4 is 0 Å². The summed E-state index contributed by atoms with van der Waals surface area (Å²) in [5.41, 5.74) is 0. The molecule has 1 unspecified atom stereocenters. The molecule has 0 aliphatic carbocycles. The van der Waals surface area contributed by atoms with Gasteiger partial charge in [-0.15, -0.1) is 0 Å². The van der Waals surface area contributed by atoms with Crippen molar-refractivity contribution in [3.63, 3.8) is 0 Å². The fraction of sp³-hybridized carbons (Fsp3) is 0.778. The van der Waals surface area contributed by atoms with E-state index in [-0.39, 0.29) is 0 Å². The van der Waals surface area contributed by atoms with Crippen molar-refractivity contribution in [1.82, 2.24) is 14.8 Å². The number of ether oxygens (including phenoxy) is 1. The molecule has 1 aliphatic heterocycles. The highest BCUT2D eigenvalue weighted by Crippen LogP contribution is 2.23. The van der Waals surface area contributed by atoms with E-state index in [1.807, 2.05) is 0 Å². The van der Waals surface area contributed by atoms with Crippen LogP contribution in [0.3, 0.4) is 0 Å². The van der Waals surface area contributed by atoms with Crippen molar-refractivity contribution < 1.29 is 4.74 Å². The average molecular weight is 213 g/mol. The first-order chi connectivity index (χ1) is 6.70. The summed E-state index contributed by atoms with van der Waals surface area (Å²) in [7, 11) is 0. The van der Waals surface area contributed by atoms with Crippen LogP contribution in [0.1, 0.15) is 38.1 Å². The van der Waals surface area contributed by atoms with Crippen LogP contribution in [-0.2, 0) is 4.74 Å². The van der Waals surface area contributed by atoms with Gasteiger partial charge in [0.05, 0.1) is 12.6 Å². The van der Waals surface area contributed by atoms with Crippen molar-refractivity contribution in [2.24, 2.45) is 0 Å². The van der Waals surface area contributed by atoms with Crippen molar-refractivity contribution >= 4 is 12.2 Å². The monoisotopic (exact) mass is 213 g/mol. The summed E-state index contributed by atoms with van der Waals surface area (Å²) < 4.78 is 8.18. The zero-order valence-electron chi connectivity index (χ0n) is 8.49. The zero-order chi connectivity index (χ0) is 10.1. The second-order valence-corrected chi connectivity index (χ2v) is 4.32. The number of hydrogen-bond donors (Lipinski definition) is 1. The van der Waals surface area contributed by atoms with E-state index < -0.39 is 0 Å². The molecule has 5 heteroatoms. The minimum atomic E-state index is 0.374. The van der Waals surface area contributed by atoms with Gasteiger partial charge in [-0.2, -0.15) is 5.10 Å². The molecule has 0 saturated carbocycles. The third-order valence-corrected chi connectivity index (χ3v) is 2.81. The maximum atomic E-state index is 5.36. The molecular formula is C9H15N3OS. The number of hydrogen-bond acceptors (Lipinski definition) is 3. The fourth-order valence-electron chi connectivity index (χ4n) is 1.80. The maximum Gasteiger partial charge on any atom is 0.195 e. The largest absolute Gasteiger partial charge is 0.379 e. The molecule has 2 rings (SSSR count). The minimum absolute atomic E-state index is 0.374. The lowest BCUT2D eigenvalue weighted by Crippen LogP contribution is -2.13. The third kappa shape index (κ3) is 1.62. The third-order valence-electron chi connectivity index (χ3n) is 2.52. The Morgan fingerprint density at radius 3 is 3.00 bits per heavy atom. The molecule has 4 nitrogen and oxygen atoms in total. The smallest absolute Gasteiger partial charge is 0.195 e. The Morgan fingerprint density at radius 2 is 2.43 bits per heavy atom. The molecule has 14 heavy (non-hydrogen) atoms. The van der Waals surface area contributed by atoms with Gasteiger partial charge in [0.1, 0.15) is 5.82 Å². The Balaban J connectivity index is 2.38. The number of H-pyrrole nitrogens is 1. The van der Waals surface area contributed by atoms with E-state index in [0.29, 0.717) is 16.7 Å². The van der Waals surface area contributed by atoms with Gasteiger partial charge in [0.15, 0.2) is 4.77 Å².